The molecule has 2 rings (SSSR count). The third kappa shape index (κ3) is 4.10. The first kappa shape index (κ1) is 14.1. The van der Waals surface area contributed by atoms with Crippen LogP contribution in [0.1, 0.15) is 5.82 Å². The molecule has 0 aliphatic heterocycles. The Balaban J connectivity index is 1.77. The molecule has 6 nitrogen and oxygen atoms in total. The summed E-state index contributed by atoms with van der Waals surface area (Å²) in [6.07, 6.45) is 0. The van der Waals surface area contributed by atoms with E-state index in [9.17, 15) is 4.79 Å². The number of fused-ring (bicyclic) bond motifs is 1. The maximum absolute atomic E-state index is 11.7. The van der Waals surface area contributed by atoms with Crippen LogP contribution in [0, 0.1) is 0 Å². The van der Waals surface area contributed by atoms with Crippen LogP contribution in [0.3, 0.4) is 0 Å². The largest absolute Gasteiger partial charge is 0.382 e. The minimum atomic E-state index is -0.0758. The quantitative estimate of drug-likeness (QED) is 0.699. The first-order valence-electron chi connectivity index (χ1n) is 6.05. The number of nitrogens with one attached hydrogen (secondary N) is 2. The molecule has 0 aliphatic rings. The topological polar surface area (TPSA) is 76.2 Å². The summed E-state index contributed by atoms with van der Waals surface area (Å²) < 4.78 is 10.9. The van der Waals surface area contributed by atoms with Crippen molar-refractivity contribution < 1.29 is 9.47 Å². The molecule has 2 aromatic heterocycles. The summed E-state index contributed by atoms with van der Waals surface area (Å²) in [4.78, 5) is 18.9. The highest BCUT2D eigenvalue weighted by atomic mass is 32.1. The fourth-order valence-electron chi connectivity index (χ4n) is 1.60. The lowest BCUT2D eigenvalue weighted by Gasteiger charge is -2.05. The fourth-order valence-corrected chi connectivity index (χ4v) is 2.33. The van der Waals surface area contributed by atoms with Crippen LogP contribution in [-0.2, 0) is 16.0 Å². The Hall–Kier alpha value is -1.28. The molecular weight excluding hydrogens is 266 g/mol. The normalized spacial score (nSPS) is 11.2. The molecule has 0 bridgehead atoms. The smallest absolute Gasteiger partial charge is 0.268 e. The second kappa shape index (κ2) is 7.34. The maximum Gasteiger partial charge on any atom is 0.268 e. The average molecular weight is 283 g/mol. The number of ether oxygens (including phenoxy) is 2. The number of H-pyrrole nitrogens is 1. The van der Waals surface area contributed by atoms with Gasteiger partial charge in [0.2, 0.25) is 0 Å². The van der Waals surface area contributed by atoms with Gasteiger partial charge in [0.1, 0.15) is 10.5 Å². The van der Waals surface area contributed by atoms with Crippen LogP contribution in [0.25, 0.3) is 10.2 Å². The molecule has 2 N–H and O–H groups in total. The zero-order valence-corrected chi connectivity index (χ0v) is 11.6. The van der Waals surface area contributed by atoms with Crippen LogP contribution >= 0.6 is 11.3 Å². The molecule has 7 heteroatoms. The Labute approximate surface area is 114 Å². The zero-order valence-electron chi connectivity index (χ0n) is 10.8. The van der Waals surface area contributed by atoms with E-state index in [1.807, 2.05) is 11.4 Å². The van der Waals surface area contributed by atoms with E-state index < -0.39 is 0 Å². The fraction of sp³-hybridized carbons (Fsp3) is 0.500. The molecule has 0 radical (unpaired) electrons. The number of methoxy groups -OCH3 is 1. The highest BCUT2D eigenvalue weighted by Gasteiger charge is 2.04. The average Bonchev–Trinajstić information content (AvgIpc) is 2.86. The van der Waals surface area contributed by atoms with E-state index in [4.69, 9.17) is 9.47 Å². The molecule has 0 aromatic carbocycles. The minimum Gasteiger partial charge on any atom is -0.382 e. The number of thiophene rings is 1. The Bertz CT molecular complexity index is 567. The van der Waals surface area contributed by atoms with Crippen molar-refractivity contribution in [3.8, 4) is 0 Å². The molecule has 0 atom stereocenters. The molecule has 2 heterocycles. The molecule has 0 amide bonds. The van der Waals surface area contributed by atoms with Gasteiger partial charge in [-0.2, -0.15) is 0 Å². The van der Waals surface area contributed by atoms with Crippen molar-refractivity contribution in [2.75, 3.05) is 33.5 Å². The first-order valence-corrected chi connectivity index (χ1v) is 6.93. The predicted octanol–water partition coefficient (Wildman–Crippen LogP) is 0.737. The Morgan fingerprint density at radius 2 is 2.32 bits per heavy atom. The van der Waals surface area contributed by atoms with Gasteiger partial charge < -0.3 is 19.8 Å². The van der Waals surface area contributed by atoms with Crippen molar-refractivity contribution in [2.45, 2.75) is 6.54 Å². The van der Waals surface area contributed by atoms with Crippen molar-refractivity contribution in [2.24, 2.45) is 0 Å². The van der Waals surface area contributed by atoms with Crippen LogP contribution < -0.4 is 10.9 Å². The Morgan fingerprint density at radius 1 is 1.42 bits per heavy atom. The second-order valence-electron chi connectivity index (χ2n) is 3.93. The van der Waals surface area contributed by atoms with Crippen LogP contribution in [0.15, 0.2) is 16.2 Å². The van der Waals surface area contributed by atoms with E-state index in [0.29, 0.717) is 43.4 Å². The summed E-state index contributed by atoms with van der Waals surface area (Å²) in [6, 6.07) is 1.85. The van der Waals surface area contributed by atoms with Crippen LogP contribution in [0.5, 0.6) is 0 Å². The van der Waals surface area contributed by atoms with Gasteiger partial charge in [0.15, 0.2) is 0 Å². The molecule has 19 heavy (non-hydrogen) atoms. The lowest BCUT2D eigenvalue weighted by molar-refractivity contribution is 0.0718. The number of aromatic nitrogens is 2. The summed E-state index contributed by atoms with van der Waals surface area (Å²) in [6.45, 7) is 3.02. The number of rotatable bonds is 8. The van der Waals surface area contributed by atoms with E-state index in [1.54, 1.807) is 7.11 Å². The van der Waals surface area contributed by atoms with Crippen molar-refractivity contribution in [3.05, 3.63) is 27.6 Å². The Morgan fingerprint density at radius 3 is 3.16 bits per heavy atom. The molecule has 0 aliphatic carbocycles. The van der Waals surface area contributed by atoms with E-state index in [0.717, 1.165) is 5.52 Å². The minimum absolute atomic E-state index is 0.0758. The molecule has 0 saturated heterocycles. The van der Waals surface area contributed by atoms with E-state index in [2.05, 4.69) is 15.3 Å². The van der Waals surface area contributed by atoms with Crippen molar-refractivity contribution >= 4 is 21.6 Å². The molecular formula is C12H17N3O3S. The van der Waals surface area contributed by atoms with Gasteiger partial charge in [0, 0.05) is 13.7 Å². The summed E-state index contributed by atoms with van der Waals surface area (Å²) in [5, 5.41) is 5.04. The standard InChI is InChI=1S/C12H17N3O3S/c1-17-5-6-18-4-3-13-8-10-14-9-2-7-19-11(9)12(16)15-10/h2,7,13H,3-6,8H2,1H3,(H,14,15,16). The number of hydrogen-bond acceptors (Lipinski definition) is 6. The number of aromatic amines is 1. The molecule has 0 unspecified atom stereocenters. The van der Waals surface area contributed by atoms with E-state index >= 15 is 0 Å². The van der Waals surface area contributed by atoms with Crippen LogP contribution in [-0.4, -0.2) is 43.4 Å². The third-order valence-corrected chi connectivity index (χ3v) is 3.41. The van der Waals surface area contributed by atoms with Crippen LogP contribution in [0.4, 0.5) is 0 Å². The SMILES string of the molecule is COCCOCCNCc1nc2ccsc2c(=O)[nH]1. The molecule has 0 saturated carbocycles. The molecule has 2 aromatic rings. The number of nitrogens with zero attached hydrogens (tertiary/aromatic N) is 1. The zero-order chi connectivity index (χ0) is 13.5. The van der Waals surface area contributed by atoms with Crippen molar-refractivity contribution in [3.63, 3.8) is 0 Å². The maximum atomic E-state index is 11.7. The van der Waals surface area contributed by atoms with Crippen molar-refractivity contribution in [1.29, 1.82) is 0 Å². The highest BCUT2D eigenvalue weighted by molar-refractivity contribution is 7.17. The van der Waals surface area contributed by atoms with Gasteiger partial charge in [-0.3, -0.25) is 4.79 Å². The lowest BCUT2D eigenvalue weighted by Crippen LogP contribution is -2.23. The van der Waals surface area contributed by atoms with Gasteiger partial charge in [0.05, 0.1) is 31.9 Å². The van der Waals surface area contributed by atoms with Gasteiger partial charge in [-0.25, -0.2) is 4.98 Å². The summed E-state index contributed by atoms with van der Waals surface area (Å²) in [5.41, 5.74) is 0.676. The third-order valence-electron chi connectivity index (χ3n) is 2.51. The highest BCUT2D eigenvalue weighted by Crippen LogP contribution is 2.13. The van der Waals surface area contributed by atoms with Gasteiger partial charge in [-0.05, 0) is 11.4 Å². The first-order chi connectivity index (χ1) is 9.31. The van der Waals surface area contributed by atoms with Gasteiger partial charge in [-0.15, -0.1) is 11.3 Å². The predicted molar refractivity (Wildman–Crippen MR) is 74.6 cm³/mol. The van der Waals surface area contributed by atoms with E-state index in [-0.39, 0.29) is 5.56 Å². The molecule has 0 fully saturated rings. The lowest BCUT2D eigenvalue weighted by atomic mass is 10.4. The monoisotopic (exact) mass is 283 g/mol. The Kier molecular flexibility index (Phi) is 5.46. The van der Waals surface area contributed by atoms with Crippen molar-refractivity contribution in [1.82, 2.24) is 15.3 Å². The summed E-state index contributed by atoms with van der Waals surface area (Å²) in [5.74, 6) is 0.646. The van der Waals surface area contributed by atoms with Gasteiger partial charge in [-0.1, -0.05) is 0 Å². The summed E-state index contributed by atoms with van der Waals surface area (Å²) >= 11 is 1.40. The summed E-state index contributed by atoms with van der Waals surface area (Å²) in [7, 11) is 1.64. The second-order valence-corrected chi connectivity index (χ2v) is 4.85. The van der Waals surface area contributed by atoms with Gasteiger partial charge in [0.25, 0.3) is 5.56 Å². The molecule has 0 spiro atoms. The van der Waals surface area contributed by atoms with Crippen LogP contribution in [0.2, 0.25) is 0 Å². The number of hydrogen-bond donors (Lipinski definition) is 2. The van der Waals surface area contributed by atoms with E-state index in [1.165, 1.54) is 11.3 Å². The van der Waals surface area contributed by atoms with Gasteiger partial charge >= 0.3 is 0 Å². The molecule has 104 valence electrons.